The number of hydrogen-bond donors (Lipinski definition) is 0. The van der Waals surface area contributed by atoms with Crippen molar-refractivity contribution in [3.05, 3.63) is 30.3 Å². The van der Waals surface area contributed by atoms with Gasteiger partial charge in [0.05, 0.1) is 0 Å². The molecule has 0 aliphatic carbocycles. The molecule has 1 rings (SSSR count). The third-order valence-corrected chi connectivity index (χ3v) is 3.87. The monoisotopic (exact) mass is 312 g/mol. The molecule has 3 heteroatoms. The van der Waals surface area contributed by atoms with Crippen LogP contribution >= 0.6 is 9.24 Å². The first-order valence-electron chi connectivity index (χ1n) is 8.34. The average molecular weight is 312 g/mol. The smallest absolute Gasteiger partial charge is 0.00474 e. The lowest BCUT2D eigenvalue weighted by Gasteiger charge is -2.13. The number of hydrogen-bond acceptors (Lipinski definition) is 2. The molecule has 0 saturated carbocycles. The molecule has 21 heavy (non-hydrogen) atoms. The maximum Gasteiger partial charge on any atom is -0.00474 e. The Morgan fingerprint density at radius 1 is 0.619 bits per heavy atom. The lowest BCUT2D eigenvalue weighted by atomic mass is 10.4. The molecule has 0 heterocycles. The van der Waals surface area contributed by atoms with Gasteiger partial charge in [0.1, 0.15) is 0 Å². The Morgan fingerprint density at radius 3 is 1.00 bits per heavy atom. The predicted octanol–water partition coefficient (Wildman–Crippen LogP) is 3.88. The first-order valence-corrected chi connectivity index (χ1v) is 8.92. The second-order valence-corrected chi connectivity index (χ2v) is 5.32. The van der Waals surface area contributed by atoms with E-state index >= 15 is 0 Å². The molecular formula is C18H37N2P. The minimum Gasteiger partial charge on any atom is -0.304 e. The Hall–Kier alpha value is -0.430. The summed E-state index contributed by atoms with van der Waals surface area (Å²) < 4.78 is 0. The molecule has 0 fully saturated rings. The quantitative estimate of drug-likeness (QED) is 0.736. The lowest BCUT2D eigenvalue weighted by Crippen LogP contribution is -2.21. The Morgan fingerprint density at radius 2 is 0.905 bits per heavy atom. The fourth-order valence-electron chi connectivity index (χ4n) is 1.79. The topological polar surface area (TPSA) is 6.48 Å². The highest BCUT2D eigenvalue weighted by atomic mass is 31.0. The van der Waals surface area contributed by atoms with Crippen LogP contribution < -0.4 is 5.30 Å². The van der Waals surface area contributed by atoms with Crippen LogP contribution in [0.3, 0.4) is 0 Å². The van der Waals surface area contributed by atoms with Crippen LogP contribution in [-0.4, -0.2) is 49.1 Å². The highest BCUT2D eigenvalue weighted by Gasteiger charge is 1.89. The summed E-state index contributed by atoms with van der Waals surface area (Å²) in [5, 5.41) is 1.24. The van der Waals surface area contributed by atoms with Crippen LogP contribution in [0.4, 0.5) is 0 Å². The largest absolute Gasteiger partial charge is 0.304 e. The molecule has 0 radical (unpaired) electrons. The zero-order chi connectivity index (χ0) is 16.5. The molecule has 1 aromatic rings. The SMILES string of the molecule is CCN(CC)CC.CCN(CC)CC.Pc1ccccc1. The van der Waals surface area contributed by atoms with Crippen molar-refractivity contribution in [1.29, 1.82) is 0 Å². The van der Waals surface area contributed by atoms with Gasteiger partial charge in [0.2, 0.25) is 0 Å². The van der Waals surface area contributed by atoms with Crippen molar-refractivity contribution in [3.8, 4) is 0 Å². The van der Waals surface area contributed by atoms with E-state index in [1.807, 2.05) is 30.3 Å². The van der Waals surface area contributed by atoms with E-state index in [0.29, 0.717) is 0 Å². The van der Waals surface area contributed by atoms with Crippen molar-refractivity contribution < 1.29 is 0 Å². The molecule has 1 atom stereocenters. The maximum absolute atomic E-state index is 2.63. The standard InChI is InChI=1S/2C6H15N.C6H7P/c2*1-4-7(5-2)6-3;7-6-4-2-1-3-5-6/h2*4-6H2,1-3H3;1-5H,7H2. The van der Waals surface area contributed by atoms with Gasteiger partial charge >= 0.3 is 0 Å². The minimum atomic E-state index is 1.19. The Kier molecular flexibility index (Phi) is 19.2. The molecule has 0 aromatic heterocycles. The number of benzene rings is 1. The first kappa shape index (κ1) is 22.8. The van der Waals surface area contributed by atoms with Crippen LogP contribution in [-0.2, 0) is 0 Å². The Balaban J connectivity index is 0. The fraction of sp³-hybridized carbons (Fsp3) is 0.667. The molecule has 0 N–H and O–H groups in total. The van der Waals surface area contributed by atoms with E-state index < -0.39 is 0 Å². The van der Waals surface area contributed by atoms with E-state index in [9.17, 15) is 0 Å². The van der Waals surface area contributed by atoms with Gasteiger partial charge in [-0.05, 0) is 44.6 Å². The first-order chi connectivity index (χ1) is 10.1. The van der Waals surface area contributed by atoms with Gasteiger partial charge in [-0.1, -0.05) is 71.9 Å². The molecule has 124 valence electrons. The highest BCUT2D eigenvalue weighted by molar-refractivity contribution is 7.27. The molecule has 0 spiro atoms. The summed E-state index contributed by atoms with van der Waals surface area (Å²) in [6.07, 6.45) is 0. The third kappa shape index (κ3) is 15.8. The van der Waals surface area contributed by atoms with Crippen molar-refractivity contribution in [2.24, 2.45) is 0 Å². The van der Waals surface area contributed by atoms with Gasteiger partial charge in [-0.15, -0.1) is 9.24 Å². The summed E-state index contributed by atoms with van der Waals surface area (Å²) in [7, 11) is 2.63. The van der Waals surface area contributed by atoms with Crippen molar-refractivity contribution in [3.63, 3.8) is 0 Å². The van der Waals surface area contributed by atoms with Gasteiger partial charge in [-0.25, -0.2) is 0 Å². The summed E-state index contributed by atoms with van der Waals surface area (Å²) in [4.78, 5) is 4.75. The second kappa shape index (κ2) is 17.6. The third-order valence-electron chi connectivity index (χ3n) is 3.48. The molecule has 2 nitrogen and oxygen atoms in total. The van der Waals surface area contributed by atoms with Crippen LogP contribution in [0.25, 0.3) is 0 Å². The van der Waals surface area contributed by atoms with Crippen LogP contribution in [0, 0.1) is 0 Å². The van der Waals surface area contributed by atoms with Gasteiger partial charge in [0, 0.05) is 0 Å². The zero-order valence-electron chi connectivity index (χ0n) is 15.1. The van der Waals surface area contributed by atoms with E-state index in [2.05, 4.69) is 60.6 Å². The van der Waals surface area contributed by atoms with E-state index in [0.717, 1.165) is 0 Å². The summed E-state index contributed by atoms with van der Waals surface area (Å²) in [5.74, 6) is 0. The zero-order valence-corrected chi connectivity index (χ0v) is 16.3. The molecule has 0 saturated heterocycles. The van der Waals surface area contributed by atoms with E-state index in [1.54, 1.807) is 0 Å². The van der Waals surface area contributed by atoms with Crippen LogP contribution in [0.5, 0.6) is 0 Å². The van der Waals surface area contributed by atoms with Crippen LogP contribution in [0.1, 0.15) is 41.5 Å². The van der Waals surface area contributed by atoms with E-state index in [1.165, 1.54) is 44.6 Å². The Bertz CT molecular complexity index is 260. The summed E-state index contributed by atoms with van der Waals surface area (Å²) >= 11 is 0. The van der Waals surface area contributed by atoms with Crippen LogP contribution in [0.2, 0.25) is 0 Å². The van der Waals surface area contributed by atoms with Crippen molar-refractivity contribution in [1.82, 2.24) is 9.80 Å². The summed E-state index contributed by atoms with van der Waals surface area (Å²) in [5.41, 5.74) is 0. The fourth-order valence-corrected chi connectivity index (χ4v) is 2.02. The molecule has 1 aromatic carbocycles. The van der Waals surface area contributed by atoms with Crippen molar-refractivity contribution >= 4 is 14.5 Å². The molecule has 0 aliphatic rings. The van der Waals surface area contributed by atoms with Gasteiger partial charge < -0.3 is 9.80 Å². The van der Waals surface area contributed by atoms with Gasteiger partial charge in [0.25, 0.3) is 0 Å². The van der Waals surface area contributed by atoms with Gasteiger partial charge in [0.15, 0.2) is 0 Å². The van der Waals surface area contributed by atoms with Crippen molar-refractivity contribution in [2.45, 2.75) is 41.5 Å². The molecule has 0 amide bonds. The summed E-state index contributed by atoms with van der Waals surface area (Å²) in [6, 6.07) is 10.1. The van der Waals surface area contributed by atoms with Crippen LogP contribution in [0.15, 0.2) is 30.3 Å². The second-order valence-electron chi connectivity index (χ2n) is 4.65. The predicted molar refractivity (Wildman–Crippen MR) is 103 cm³/mol. The molecule has 0 bridgehead atoms. The van der Waals surface area contributed by atoms with E-state index in [4.69, 9.17) is 0 Å². The maximum atomic E-state index is 2.63. The highest BCUT2D eigenvalue weighted by Crippen LogP contribution is 1.86. The van der Waals surface area contributed by atoms with Gasteiger partial charge in [-0.3, -0.25) is 0 Å². The van der Waals surface area contributed by atoms with E-state index in [-0.39, 0.29) is 0 Å². The normalized spacial score (nSPS) is 9.76. The number of nitrogens with zero attached hydrogens (tertiary/aromatic N) is 2. The number of rotatable bonds is 6. The Labute approximate surface area is 136 Å². The van der Waals surface area contributed by atoms with Crippen molar-refractivity contribution in [2.75, 3.05) is 39.3 Å². The molecule has 0 aliphatic heterocycles. The lowest BCUT2D eigenvalue weighted by molar-refractivity contribution is 0.321. The molecular weight excluding hydrogens is 275 g/mol. The summed E-state index contributed by atoms with van der Waals surface area (Å²) in [6.45, 7) is 20.2. The average Bonchev–Trinajstić information content (AvgIpc) is 2.53. The minimum absolute atomic E-state index is 1.19. The molecule has 1 unspecified atom stereocenters. The van der Waals surface area contributed by atoms with Gasteiger partial charge in [-0.2, -0.15) is 0 Å².